The number of nitrogen functional groups attached to an aromatic ring is 1. The Bertz CT molecular complexity index is 421. The largest absolute Gasteiger partial charge is 0.489 e. The van der Waals surface area contributed by atoms with Gasteiger partial charge in [0, 0.05) is 19.2 Å². The van der Waals surface area contributed by atoms with Gasteiger partial charge in [-0.05, 0) is 38.9 Å². The topological polar surface area (TPSA) is 47.7 Å². The molecule has 2 N–H and O–H groups in total. The van der Waals surface area contributed by atoms with E-state index in [4.69, 9.17) is 15.2 Å². The normalized spacial score (nSPS) is 19.9. The third-order valence-corrected chi connectivity index (χ3v) is 3.33. The van der Waals surface area contributed by atoms with Crippen LogP contribution in [0.5, 0.6) is 11.5 Å². The van der Waals surface area contributed by atoms with Gasteiger partial charge < -0.3 is 15.2 Å². The SMILES string of the molecule is CCN1CCC(Oc2ccc(N)c(OC(C)C)c2)C1. The van der Waals surface area contributed by atoms with Crippen molar-refractivity contribution in [1.29, 1.82) is 0 Å². The maximum atomic E-state index is 6.01. The van der Waals surface area contributed by atoms with Crippen LogP contribution in [-0.4, -0.2) is 36.7 Å². The van der Waals surface area contributed by atoms with E-state index in [1.54, 1.807) is 0 Å². The second kappa shape index (κ2) is 6.15. The number of anilines is 1. The molecule has 19 heavy (non-hydrogen) atoms. The van der Waals surface area contributed by atoms with Crippen molar-refractivity contribution < 1.29 is 9.47 Å². The quantitative estimate of drug-likeness (QED) is 0.830. The summed E-state index contributed by atoms with van der Waals surface area (Å²) in [6.45, 7) is 9.36. The van der Waals surface area contributed by atoms with Crippen molar-refractivity contribution in [2.75, 3.05) is 25.4 Å². The highest BCUT2D eigenvalue weighted by molar-refractivity contribution is 5.55. The molecule has 1 aromatic rings. The van der Waals surface area contributed by atoms with Gasteiger partial charge >= 0.3 is 0 Å². The molecule has 0 amide bonds. The van der Waals surface area contributed by atoms with E-state index in [1.807, 2.05) is 32.0 Å². The van der Waals surface area contributed by atoms with Gasteiger partial charge in [-0.2, -0.15) is 0 Å². The number of nitrogens with zero attached hydrogens (tertiary/aromatic N) is 1. The first kappa shape index (κ1) is 14.0. The third-order valence-electron chi connectivity index (χ3n) is 3.33. The van der Waals surface area contributed by atoms with Crippen molar-refractivity contribution in [2.45, 2.75) is 39.4 Å². The Morgan fingerprint density at radius 3 is 2.84 bits per heavy atom. The molecule has 1 atom stereocenters. The van der Waals surface area contributed by atoms with Crippen LogP contribution in [0.4, 0.5) is 5.69 Å². The molecular weight excluding hydrogens is 240 g/mol. The minimum atomic E-state index is 0.111. The first-order valence-corrected chi connectivity index (χ1v) is 7.03. The summed E-state index contributed by atoms with van der Waals surface area (Å²) in [5.74, 6) is 1.55. The first-order valence-electron chi connectivity index (χ1n) is 7.03. The number of likely N-dealkylation sites (N-methyl/N-ethyl adjacent to an activating group) is 1. The van der Waals surface area contributed by atoms with Crippen LogP contribution in [-0.2, 0) is 0 Å². The Hall–Kier alpha value is -1.42. The van der Waals surface area contributed by atoms with Crippen molar-refractivity contribution in [3.8, 4) is 11.5 Å². The van der Waals surface area contributed by atoms with Crippen molar-refractivity contribution in [1.82, 2.24) is 4.90 Å². The predicted molar refractivity (Wildman–Crippen MR) is 77.8 cm³/mol. The zero-order valence-corrected chi connectivity index (χ0v) is 12.1. The molecule has 0 aliphatic carbocycles. The molecule has 4 nitrogen and oxygen atoms in total. The lowest BCUT2D eigenvalue weighted by molar-refractivity contribution is 0.199. The van der Waals surface area contributed by atoms with Gasteiger partial charge in [-0.1, -0.05) is 6.92 Å². The van der Waals surface area contributed by atoms with Crippen LogP contribution < -0.4 is 15.2 Å². The molecule has 106 valence electrons. The average molecular weight is 264 g/mol. The Balaban J connectivity index is 2.01. The summed E-state index contributed by atoms with van der Waals surface area (Å²) in [6.07, 6.45) is 1.47. The predicted octanol–water partition coefficient (Wildman–Crippen LogP) is 2.53. The van der Waals surface area contributed by atoms with Crippen molar-refractivity contribution in [3.05, 3.63) is 18.2 Å². The van der Waals surface area contributed by atoms with Gasteiger partial charge in [0.1, 0.15) is 17.6 Å². The number of hydrogen-bond donors (Lipinski definition) is 1. The van der Waals surface area contributed by atoms with Crippen LogP contribution >= 0.6 is 0 Å². The maximum Gasteiger partial charge on any atom is 0.146 e. The molecule has 1 aliphatic heterocycles. The van der Waals surface area contributed by atoms with E-state index in [0.717, 1.165) is 31.8 Å². The van der Waals surface area contributed by atoms with Gasteiger partial charge in [0.15, 0.2) is 0 Å². The van der Waals surface area contributed by atoms with Crippen LogP contribution in [0.25, 0.3) is 0 Å². The molecule has 0 spiro atoms. The molecule has 1 heterocycles. The highest BCUT2D eigenvalue weighted by Crippen LogP contribution is 2.29. The smallest absolute Gasteiger partial charge is 0.146 e. The van der Waals surface area contributed by atoms with Gasteiger partial charge in [0.05, 0.1) is 11.8 Å². The van der Waals surface area contributed by atoms with Gasteiger partial charge in [-0.25, -0.2) is 0 Å². The van der Waals surface area contributed by atoms with Crippen LogP contribution in [0.2, 0.25) is 0 Å². The van der Waals surface area contributed by atoms with E-state index in [2.05, 4.69) is 11.8 Å². The number of hydrogen-bond acceptors (Lipinski definition) is 4. The maximum absolute atomic E-state index is 6.01. The van der Waals surface area contributed by atoms with Crippen LogP contribution in [0, 0.1) is 0 Å². The molecule has 1 saturated heterocycles. The van der Waals surface area contributed by atoms with E-state index in [0.29, 0.717) is 11.4 Å². The summed E-state index contributed by atoms with van der Waals surface area (Å²) >= 11 is 0. The van der Waals surface area contributed by atoms with E-state index in [1.165, 1.54) is 0 Å². The molecule has 1 aromatic carbocycles. The molecule has 0 saturated carbocycles. The molecule has 0 bridgehead atoms. The first-order chi connectivity index (χ1) is 9.08. The lowest BCUT2D eigenvalue weighted by Crippen LogP contribution is -2.24. The number of ether oxygens (including phenoxy) is 2. The average Bonchev–Trinajstić information content (AvgIpc) is 2.80. The molecule has 0 radical (unpaired) electrons. The number of rotatable bonds is 5. The lowest BCUT2D eigenvalue weighted by atomic mass is 10.2. The fourth-order valence-corrected chi connectivity index (χ4v) is 2.32. The molecule has 4 heteroatoms. The molecular formula is C15H24N2O2. The number of likely N-dealkylation sites (tertiary alicyclic amines) is 1. The minimum absolute atomic E-state index is 0.111. The molecule has 0 aromatic heterocycles. The monoisotopic (exact) mass is 264 g/mol. The summed E-state index contributed by atoms with van der Waals surface area (Å²) in [6, 6.07) is 5.65. The van der Waals surface area contributed by atoms with Gasteiger partial charge in [0.2, 0.25) is 0 Å². The van der Waals surface area contributed by atoms with Crippen molar-refractivity contribution >= 4 is 5.69 Å². The molecule has 1 aliphatic rings. The van der Waals surface area contributed by atoms with Crippen molar-refractivity contribution in [3.63, 3.8) is 0 Å². The van der Waals surface area contributed by atoms with Crippen molar-refractivity contribution in [2.24, 2.45) is 0 Å². The fourth-order valence-electron chi connectivity index (χ4n) is 2.32. The Kier molecular flexibility index (Phi) is 4.53. The third kappa shape index (κ3) is 3.77. The highest BCUT2D eigenvalue weighted by Gasteiger charge is 2.22. The summed E-state index contributed by atoms with van der Waals surface area (Å²) in [5, 5.41) is 0. The second-order valence-corrected chi connectivity index (χ2v) is 5.29. The van der Waals surface area contributed by atoms with Crippen LogP contribution in [0.15, 0.2) is 18.2 Å². The van der Waals surface area contributed by atoms with Gasteiger partial charge in [-0.15, -0.1) is 0 Å². The number of nitrogens with two attached hydrogens (primary N) is 1. The van der Waals surface area contributed by atoms with E-state index < -0.39 is 0 Å². The Morgan fingerprint density at radius 2 is 2.21 bits per heavy atom. The second-order valence-electron chi connectivity index (χ2n) is 5.29. The van der Waals surface area contributed by atoms with E-state index in [9.17, 15) is 0 Å². The van der Waals surface area contributed by atoms with Crippen LogP contribution in [0.1, 0.15) is 27.2 Å². The summed E-state index contributed by atoms with van der Waals surface area (Å²) in [5.41, 5.74) is 6.56. The fraction of sp³-hybridized carbons (Fsp3) is 0.600. The standard InChI is InChI=1S/C15H24N2O2/c1-4-17-8-7-13(10-17)19-12-5-6-14(16)15(9-12)18-11(2)3/h5-6,9,11,13H,4,7-8,10,16H2,1-3H3. The molecule has 1 unspecified atom stereocenters. The number of benzene rings is 1. The summed E-state index contributed by atoms with van der Waals surface area (Å²) in [7, 11) is 0. The van der Waals surface area contributed by atoms with Gasteiger partial charge in [0.25, 0.3) is 0 Å². The zero-order chi connectivity index (χ0) is 13.8. The van der Waals surface area contributed by atoms with Crippen LogP contribution in [0.3, 0.4) is 0 Å². The van der Waals surface area contributed by atoms with Gasteiger partial charge in [-0.3, -0.25) is 4.90 Å². The zero-order valence-electron chi connectivity index (χ0n) is 12.1. The highest BCUT2D eigenvalue weighted by atomic mass is 16.5. The minimum Gasteiger partial charge on any atom is -0.489 e. The lowest BCUT2D eigenvalue weighted by Gasteiger charge is -2.17. The summed E-state index contributed by atoms with van der Waals surface area (Å²) in [4.78, 5) is 2.40. The van der Waals surface area contributed by atoms with E-state index >= 15 is 0 Å². The van der Waals surface area contributed by atoms with E-state index in [-0.39, 0.29) is 12.2 Å². The molecule has 2 rings (SSSR count). The molecule has 1 fully saturated rings. The Morgan fingerprint density at radius 1 is 1.42 bits per heavy atom. The Labute approximate surface area is 115 Å². The summed E-state index contributed by atoms with van der Waals surface area (Å²) < 4.78 is 11.7.